The molecule has 8 heteroatoms. The standard InChI is InChI=1S/C19H16N2O5S/c1-11-10-27-18(21-11)13(7-20)15(22)9-25-19(23)17-14(8-24-2)12-5-3-4-6-16(12)26-17/h3-6,10,13H,8-9H2,1-2H3/t13-/m1/s1. The predicted molar refractivity (Wildman–Crippen MR) is 97.4 cm³/mol. The minimum Gasteiger partial charge on any atom is -0.452 e. The van der Waals surface area contributed by atoms with Gasteiger partial charge in [0.25, 0.3) is 0 Å². The third kappa shape index (κ3) is 3.89. The molecule has 1 aromatic carbocycles. The number of ketones is 1. The molecule has 0 unspecified atom stereocenters. The molecule has 3 aromatic rings. The summed E-state index contributed by atoms with van der Waals surface area (Å²) in [6.07, 6.45) is 0. The van der Waals surface area contributed by atoms with Gasteiger partial charge in [0.1, 0.15) is 10.6 Å². The van der Waals surface area contributed by atoms with E-state index in [2.05, 4.69) is 4.98 Å². The van der Waals surface area contributed by atoms with E-state index in [1.54, 1.807) is 24.4 Å². The van der Waals surface area contributed by atoms with Gasteiger partial charge >= 0.3 is 5.97 Å². The molecule has 0 aliphatic heterocycles. The lowest BCUT2D eigenvalue weighted by molar-refractivity contribution is -0.122. The van der Waals surface area contributed by atoms with E-state index in [1.807, 2.05) is 18.2 Å². The number of furan rings is 1. The third-order valence-corrected chi connectivity index (χ3v) is 4.88. The zero-order chi connectivity index (χ0) is 19.4. The van der Waals surface area contributed by atoms with Gasteiger partial charge in [0.05, 0.1) is 12.7 Å². The minimum atomic E-state index is -1.06. The number of hydrogen-bond acceptors (Lipinski definition) is 8. The van der Waals surface area contributed by atoms with Crippen molar-refractivity contribution >= 4 is 34.1 Å². The number of carbonyl (C=O) groups excluding carboxylic acids is 2. The van der Waals surface area contributed by atoms with Crippen LogP contribution in [-0.2, 0) is 20.9 Å². The number of methoxy groups -OCH3 is 1. The summed E-state index contributed by atoms with van der Waals surface area (Å²) in [5.41, 5.74) is 1.81. The van der Waals surface area contributed by atoms with Crippen LogP contribution in [-0.4, -0.2) is 30.5 Å². The highest BCUT2D eigenvalue weighted by Crippen LogP contribution is 2.27. The van der Waals surface area contributed by atoms with Gasteiger partial charge in [0, 0.05) is 29.1 Å². The van der Waals surface area contributed by atoms with Crippen LogP contribution in [0.4, 0.5) is 0 Å². The number of nitrogens with zero attached hydrogens (tertiary/aromatic N) is 2. The van der Waals surface area contributed by atoms with Crippen LogP contribution in [0.15, 0.2) is 34.1 Å². The number of para-hydroxylation sites is 1. The number of Topliss-reactive ketones (excluding diaryl/α,β-unsaturated/α-hetero) is 1. The second-order valence-electron chi connectivity index (χ2n) is 5.77. The van der Waals surface area contributed by atoms with Crippen molar-refractivity contribution < 1.29 is 23.5 Å². The van der Waals surface area contributed by atoms with Gasteiger partial charge in [-0.05, 0) is 13.0 Å². The first-order chi connectivity index (χ1) is 13.0. The lowest BCUT2D eigenvalue weighted by atomic mass is 10.1. The zero-order valence-corrected chi connectivity index (χ0v) is 15.5. The number of ether oxygens (including phenoxy) is 2. The molecule has 2 heterocycles. The molecule has 138 valence electrons. The molecule has 0 saturated carbocycles. The monoisotopic (exact) mass is 384 g/mol. The molecular weight excluding hydrogens is 368 g/mol. The van der Waals surface area contributed by atoms with Gasteiger partial charge in [0.2, 0.25) is 5.76 Å². The number of fused-ring (bicyclic) bond motifs is 1. The maximum Gasteiger partial charge on any atom is 0.375 e. The summed E-state index contributed by atoms with van der Waals surface area (Å²) in [6.45, 7) is 1.39. The van der Waals surface area contributed by atoms with E-state index in [1.165, 1.54) is 18.4 Å². The van der Waals surface area contributed by atoms with Crippen molar-refractivity contribution in [1.29, 1.82) is 5.26 Å². The molecular formula is C19H16N2O5S. The van der Waals surface area contributed by atoms with Gasteiger partial charge in [-0.1, -0.05) is 18.2 Å². The van der Waals surface area contributed by atoms with Gasteiger partial charge in [0.15, 0.2) is 18.3 Å². The van der Waals surface area contributed by atoms with Gasteiger partial charge in [-0.15, -0.1) is 11.3 Å². The quantitative estimate of drug-likeness (QED) is 0.575. The Morgan fingerprint density at radius 2 is 2.15 bits per heavy atom. The van der Waals surface area contributed by atoms with Crippen molar-refractivity contribution in [2.75, 3.05) is 13.7 Å². The number of aromatic nitrogens is 1. The van der Waals surface area contributed by atoms with Crippen molar-refractivity contribution in [3.8, 4) is 6.07 Å². The highest BCUT2D eigenvalue weighted by atomic mass is 32.1. The summed E-state index contributed by atoms with van der Waals surface area (Å²) < 4.78 is 15.8. The van der Waals surface area contributed by atoms with E-state index in [0.29, 0.717) is 16.2 Å². The fourth-order valence-electron chi connectivity index (χ4n) is 2.61. The van der Waals surface area contributed by atoms with Crippen molar-refractivity contribution in [1.82, 2.24) is 4.98 Å². The number of rotatable bonds is 7. The molecule has 0 aliphatic carbocycles. The summed E-state index contributed by atoms with van der Waals surface area (Å²) in [7, 11) is 1.51. The fraction of sp³-hybridized carbons (Fsp3) is 0.263. The smallest absolute Gasteiger partial charge is 0.375 e. The van der Waals surface area contributed by atoms with E-state index in [9.17, 15) is 14.9 Å². The first kappa shape index (κ1) is 18.8. The number of esters is 1. The number of nitriles is 1. The SMILES string of the molecule is COCc1c(C(=O)OCC(=O)[C@@H](C#N)c2nc(C)cs2)oc2ccccc12. The largest absolute Gasteiger partial charge is 0.452 e. The molecule has 3 rings (SSSR count). The number of carbonyl (C=O) groups is 2. The zero-order valence-electron chi connectivity index (χ0n) is 14.7. The number of aryl methyl sites for hydroxylation is 1. The fourth-order valence-corrected chi connectivity index (χ4v) is 3.47. The molecule has 0 radical (unpaired) electrons. The molecule has 0 spiro atoms. The molecule has 0 bridgehead atoms. The van der Waals surface area contributed by atoms with Crippen molar-refractivity contribution in [3.63, 3.8) is 0 Å². The average molecular weight is 384 g/mol. The second kappa shape index (κ2) is 8.12. The Morgan fingerprint density at radius 3 is 2.81 bits per heavy atom. The molecule has 27 heavy (non-hydrogen) atoms. The maximum absolute atomic E-state index is 12.4. The van der Waals surface area contributed by atoms with Crippen LogP contribution in [0, 0.1) is 18.3 Å². The molecule has 0 aliphatic rings. The van der Waals surface area contributed by atoms with Gasteiger partial charge < -0.3 is 13.9 Å². The van der Waals surface area contributed by atoms with E-state index >= 15 is 0 Å². The van der Waals surface area contributed by atoms with Gasteiger partial charge in [-0.25, -0.2) is 9.78 Å². The van der Waals surface area contributed by atoms with Crippen LogP contribution >= 0.6 is 11.3 Å². The molecule has 0 amide bonds. The van der Waals surface area contributed by atoms with Crippen LogP contribution in [0.1, 0.15) is 32.7 Å². The predicted octanol–water partition coefficient (Wildman–Crippen LogP) is 3.38. The number of hydrogen-bond donors (Lipinski definition) is 0. The maximum atomic E-state index is 12.4. The molecule has 2 aromatic heterocycles. The van der Waals surface area contributed by atoms with E-state index in [0.717, 1.165) is 11.1 Å². The normalized spacial score (nSPS) is 11.9. The van der Waals surface area contributed by atoms with Crippen molar-refractivity contribution in [3.05, 3.63) is 51.7 Å². The molecule has 0 fully saturated rings. The van der Waals surface area contributed by atoms with Crippen LogP contribution in [0.25, 0.3) is 11.0 Å². The lowest BCUT2D eigenvalue weighted by Gasteiger charge is -2.07. The topological polar surface area (TPSA) is 102 Å². The summed E-state index contributed by atoms with van der Waals surface area (Å²) in [5, 5.41) is 12.2. The molecule has 1 atom stereocenters. The average Bonchev–Trinajstić information content (AvgIpc) is 3.25. The number of benzene rings is 1. The van der Waals surface area contributed by atoms with Crippen molar-refractivity contribution in [2.24, 2.45) is 0 Å². The first-order valence-corrected chi connectivity index (χ1v) is 8.94. The Morgan fingerprint density at radius 1 is 1.37 bits per heavy atom. The van der Waals surface area contributed by atoms with Gasteiger partial charge in [-0.2, -0.15) is 5.26 Å². The summed E-state index contributed by atoms with van der Waals surface area (Å²) in [6, 6.07) is 9.06. The van der Waals surface area contributed by atoms with Gasteiger partial charge in [-0.3, -0.25) is 4.79 Å². The summed E-state index contributed by atoms with van der Waals surface area (Å²) in [5.74, 6) is -2.39. The highest BCUT2D eigenvalue weighted by Gasteiger charge is 2.27. The molecule has 0 saturated heterocycles. The van der Waals surface area contributed by atoms with Crippen LogP contribution in [0.2, 0.25) is 0 Å². The minimum absolute atomic E-state index is 0.00977. The van der Waals surface area contributed by atoms with Crippen molar-refractivity contribution in [2.45, 2.75) is 19.4 Å². The molecule has 0 N–H and O–H groups in total. The Hall–Kier alpha value is -3.02. The first-order valence-electron chi connectivity index (χ1n) is 8.06. The Balaban J connectivity index is 1.76. The Kier molecular flexibility index (Phi) is 5.64. The lowest BCUT2D eigenvalue weighted by Crippen LogP contribution is -2.20. The molecule has 7 nitrogen and oxygen atoms in total. The summed E-state index contributed by atoms with van der Waals surface area (Å²) >= 11 is 1.22. The van der Waals surface area contributed by atoms with E-state index in [4.69, 9.17) is 13.9 Å². The Bertz CT molecular complexity index is 1030. The third-order valence-electron chi connectivity index (χ3n) is 3.85. The van der Waals surface area contributed by atoms with Crippen LogP contribution in [0.3, 0.4) is 0 Å². The summed E-state index contributed by atoms with van der Waals surface area (Å²) in [4.78, 5) is 28.9. The van der Waals surface area contributed by atoms with E-state index in [-0.39, 0.29) is 12.4 Å². The van der Waals surface area contributed by atoms with Crippen LogP contribution < -0.4 is 0 Å². The van der Waals surface area contributed by atoms with E-state index < -0.39 is 24.3 Å². The highest BCUT2D eigenvalue weighted by molar-refractivity contribution is 7.09. The Labute approximate surface area is 159 Å². The number of thiazole rings is 1. The second-order valence-corrected chi connectivity index (χ2v) is 6.66. The van der Waals surface area contributed by atoms with Crippen LogP contribution in [0.5, 0.6) is 0 Å².